The molecule has 0 aliphatic carbocycles. The lowest BCUT2D eigenvalue weighted by molar-refractivity contribution is 0.0302. The van der Waals surface area contributed by atoms with E-state index in [1.165, 1.54) is 18.2 Å². The lowest BCUT2D eigenvalue weighted by Crippen LogP contribution is -2.40. The SMILES string of the molecule is NS(=O)(=O)c1cccc(C(=O)N2CCOCC2)c1. The van der Waals surface area contributed by atoms with Gasteiger partial charge in [-0.15, -0.1) is 0 Å². The van der Waals surface area contributed by atoms with E-state index in [4.69, 9.17) is 9.88 Å². The molecule has 1 fully saturated rings. The molecule has 1 heterocycles. The molecule has 18 heavy (non-hydrogen) atoms. The summed E-state index contributed by atoms with van der Waals surface area (Å²) in [5, 5.41) is 5.03. The zero-order chi connectivity index (χ0) is 13.2. The molecule has 1 aliphatic rings. The maximum absolute atomic E-state index is 12.1. The highest BCUT2D eigenvalue weighted by atomic mass is 32.2. The van der Waals surface area contributed by atoms with Crippen molar-refractivity contribution >= 4 is 15.9 Å². The summed E-state index contributed by atoms with van der Waals surface area (Å²) < 4.78 is 27.6. The number of hydrogen-bond acceptors (Lipinski definition) is 4. The van der Waals surface area contributed by atoms with E-state index >= 15 is 0 Å². The van der Waals surface area contributed by atoms with Crippen LogP contribution in [0.15, 0.2) is 29.2 Å². The second-order valence-corrected chi connectivity index (χ2v) is 5.54. The normalized spacial score (nSPS) is 16.6. The molecule has 0 radical (unpaired) electrons. The molecule has 2 N–H and O–H groups in total. The topological polar surface area (TPSA) is 89.7 Å². The highest BCUT2D eigenvalue weighted by Gasteiger charge is 2.19. The van der Waals surface area contributed by atoms with Crippen LogP contribution in [0.5, 0.6) is 0 Å². The van der Waals surface area contributed by atoms with Gasteiger partial charge in [-0.05, 0) is 18.2 Å². The molecule has 1 aromatic rings. The summed E-state index contributed by atoms with van der Waals surface area (Å²) in [6.07, 6.45) is 0. The monoisotopic (exact) mass is 270 g/mol. The van der Waals surface area contributed by atoms with Gasteiger partial charge in [0, 0.05) is 18.7 Å². The molecule has 6 nitrogen and oxygen atoms in total. The minimum Gasteiger partial charge on any atom is -0.378 e. The Kier molecular flexibility index (Phi) is 3.65. The summed E-state index contributed by atoms with van der Waals surface area (Å²) in [5.41, 5.74) is 0.323. The van der Waals surface area contributed by atoms with Gasteiger partial charge >= 0.3 is 0 Å². The number of carbonyl (C=O) groups excluding carboxylic acids is 1. The van der Waals surface area contributed by atoms with Crippen LogP contribution >= 0.6 is 0 Å². The Balaban J connectivity index is 2.25. The molecular weight excluding hydrogens is 256 g/mol. The quantitative estimate of drug-likeness (QED) is 0.806. The first-order valence-corrected chi connectivity index (χ1v) is 7.03. The van der Waals surface area contributed by atoms with E-state index in [9.17, 15) is 13.2 Å². The van der Waals surface area contributed by atoms with Crippen molar-refractivity contribution in [1.82, 2.24) is 4.90 Å². The summed E-state index contributed by atoms with van der Waals surface area (Å²) in [7, 11) is -3.78. The smallest absolute Gasteiger partial charge is 0.254 e. The lowest BCUT2D eigenvalue weighted by Gasteiger charge is -2.26. The van der Waals surface area contributed by atoms with Crippen molar-refractivity contribution in [3.63, 3.8) is 0 Å². The van der Waals surface area contributed by atoms with E-state index in [0.29, 0.717) is 31.9 Å². The van der Waals surface area contributed by atoms with E-state index in [-0.39, 0.29) is 10.8 Å². The highest BCUT2D eigenvalue weighted by Crippen LogP contribution is 2.12. The fraction of sp³-hybridized carbons (Fsp3) is 0.364. The number of amides is 1. The van der Waals surface area contributed by atoms with E-state index in [0.717, 1.165) is 0 Å². The van der Waals surface area contributed by atoms with Gasteiger partial charge < -0.3 is 9.64 Å². The number of primary sulfonamides is 1. The average Bonchev–Trinajstić information content (AvgIpc) is 2.38. The number of sulfonamides is 1. The molecule has 7 heteroatoms. The van der Waals surface area contributed by atoms with Crippen molar-refractivity contribution in [2.45, 2.75) is 4.90 Å². The second-order valence-electron chi connectivity index (χ2n) is 3.98. The molecule has 2 rings (SSSR count). The molecule has 1 aromatic carbocycles. The largest absolute Gasteiger partial charge is 0.378 e. The van der Waals surface area contributed by atoms with Crippen molar-refractivity contribution in [3.8, 4) is 0 Å². The Bertz CT molecular complexity index is 550. The molecule has 0 spiro atoms. The zero-order valence-corrected chi connectivity index (χ0v) is 10.5. The van der Waals surface area contributed by atoms with Crippen LogP contribution < -0.4 is 5.14 Å². The minimum atomic E-state index is -3.78. The van der Waals surface area contributed by atoms with Gasteiger partial charge in [-0.1, -0.05) is 6.07 Å². The summed E-state index contributed by atoms with van der Waals surface area (Å²) in [6, 6.07) is 5.75. The van der Waals surface area contributed by atoms with Gasteiger partial charge in [-0.2, -0.15) is 0 Å². The molecule has 98 valence electrons. The summed E-state index contributed by atoms with van der Waals surface area (Å²) in [5.74, 6) is -0.205. The van der Waals surface area contributed by atoms with Crippen LogP contribution in [0.2, 0.25) is 0 Å². The molecule has 0 saturated carbocycles. The maximum Gasteiger partial charge on any atom is 0.254 e. The van der Waals surface area contributed by atoms with Gasteiger partial charge in [-0.3, -0.25) is 4.79 Å². The molecule has 0 atom stereocenters. The Morgan fingerprint density at radius 3 is 2.56 bits per heavy atom. The number of rotatable bonds is 2. The predicted molar refractivity (Wildman–Crippen MR) is 64.5 cm³/mol. The minimum absolute atomic E-state index is 0.0541. The van der Waals surface area contributed by atoms with Crippen molar-refractivity contribution in [2.75, 3.05) is 26.3 Å². The number of morpholine rings is 1. The second kappa shape index (κ2) is 5.05. The fourth-order valence-electron chi connectivity index (χ4n) is 1.76. The number of nitrogens with zero attached hydrogens (tertiary/aromatic N) is 1. The third-order valence-electron chi connectivity index (χ3n) is 2.71. The Morgan fingerprint density at radius 2 is 1.94 bits per heavy atom. The van der Waals surface area contributed by atoms with Crippen LogP contribution in [0.25, 0.3) is 0 Å². The van der Waals surface area contributed by atoms with Crippen molar-refractivity contribution in [3.05, 3.63) is 29.8 Å². The Labute approximate surface area is 105 Å². The summed E-state index contributed by atoms with van der Waals surface area (Å²) in [4.78, 5) is 13.7. The summed E-state index contributed by atoms with van der Waals surface area (Å²) in [6.45, 7) is 2.03. The first kappa shape index (κ1) is 13.0. The molecule has 0 unspecified atom stereocenters. The number of hydrogen-bond donors (Lipinski definition) is 1. The zero-order valence-electron chi connectivity index (χ0n) is 9.70. The van der Waals surface area contributed by atoms with Crippen LogP contribution in [0, 0.1) is 0 Å². The predicted octanol–water partition coefficient (Wildman–Crippen LogP) is -0.194. The van der Waals surface area contributed by atoms with Crippen molar-refractivity contribution in [2.24, 2.45) is 5.14 Å². The van der Waals surface area contributed by atoms with Gasteiger partial charge in [0.2, 0.25) is 10.0 Å². The molecular formula is C11H14N2O4S. The third kappa shape index (κ3) is 2.87. The standard InChI is InChI=1S/C11H14N2O4S/c12-18(15,16)10-3-1-2-9(8-10)11(14)13-4-6-17-7-5-13/h1-3,8H,4-7H2,(H2,12,15,16). The fourth-order valence-corrected chi connectivity index (χ4v) is 2.31. The first-order chi connectivity index (χ1) is 8.48. The average molecular weight is 270 g/mol. The van der Waals surface area contributed by atoms with E-state index in [1.54, 1.807) is 11.0 Å². The van der Waals surface area contributed by atoms with Gasteiger partial charge in [-0.25, -0.2) is 13.6 Å². The first-order valence-electron chi connectivity index (χ1n) is 5.48. The highest BCUT2D eigenvalue weighted by molar-refractivity contribution is 7.89. The van der Waals surface area contributed by atoms with Crippen LogP contribution in [0.1, 0.15) is 10.4 Å². The molecule has 1 amide bonds. The van der Waals surface area contributed by atoms with E-state index < -0.39 is 10.0 Å². The number of carbonyl (C=O) groups is 1. The van der Waals surface area contributed by atoms with Crippen LogP contribution in [0.3, 0.4) is 0 Å². The van der Waals surface area contributed by atoms with Crippen molar-refractivity contribution < 1.29 is 17.9 Å². The van der Waals surface area contributed by atoms with Gasteiger partial charge in [0.15, 0.2) is 0 Å². The number of benzene rings is 1. The maximum atomic E-state index is 12.1. The molecule has 0 bridgehead atoms. The van der Waals surface area contributed by atoms with Crippen molar-refractivity contribution in [1.29, 1.82) is 0 Å². The van der Waals surface area contributed by atoms with Gasteiger partial charge in [0.1, 0.15) is 0 Å². The van der Waals surface area contributed by atoms with Gasteiger partial charge in [0.05, 0.1) is 18.1 Å². The lowest BCUT2D eigenvalue weighted by atomic mass is 10.2. The van der Waals surface area contributed by atoms with Crippen LogP contribution in [-0.4, -0.2) is 45.5 Å². The van der Waals surface area contributed by atoms with Crippen LogP contribution in [0.4, 0.5) is 0 Å². The summed E-state index contributed by atoms with van der Waals surface area (Å²) >= 11 is 0. The Morgan fingerprint density at radius 1 is 1.28 bits per heavy atom. The van der Waals surface area contributed by atoms with Gasteiger partial charge in [0.25, 0.3) is 5.91 Å². The Hall–Kier alpha value is -1.44. The number of ether oxygens (including phenoxy) is 1. The molecule has 1 aliphatic heterocycles. The third-order valence-corrected chi connectivity index (χ3v) is 3.62. The van der Waals surface area contributed by atoms with E-state index in [2.05, 4.69) is 0 Å². The molecule has 0 aromatic heterocycles. The molecule has 1 saturated heterocycles. The van der Waals surface area contributed by atoms with E-state index in [1.807, 2.05) is 0 Å². The number of nitrogens with two attached hydrogens (primary N) is 1. The van der Waals surface area contributed by atoms with Crippen LogP contribution in [-0.2, 0) is 14.8 Å².